The molecule has 0 radical (unpaired) electrons. The second kappa shape index (κ2) is 4.98. The maximum atomic E-state index is 13.7. The van der Waals surface area contributed by atoms with Gasteiger partial charge in [0.2, 0.25) is 10.0 Å². The van der Waals surface area contributed by atoms with Gasteiger partial charge < -0.3 is 5.73 Å². The van der Waals surface area contributed by atoms with Crippen molar-refractivity contribution in [2.75, 3.05) is 5.73 Å². The highest BCUT2D eigenvalue weighted by Crippen LogP contribution is 2.21. The van der Waals surface area contributed by atoms with Crippen LogP contribution in [-0.4, -0.2) is 18.6 Å². The summed E-state index contributed by atoms with van der Waals surface area (Å²) in [7, 11) is -3.95. The molecule has 0 aliphatic carbocycles. The number of aryl methyl sites for hydroxylation is 1. The van der Waals surface area contributed by atoms with E-state index < -0.39 is 20.7 Å². The Morgan fingerprint density at radius 3 is 2.84 bits per heavy atom. The first-order chi connectivity index (χ1) is 8.90. The van der Waals surface area contributed by atoms with Crippen LogP contribution in [0.2, 0.25) is 0 Å². The van der Waals surface area contributed by atoms with Gasteiger partial charge in [0.1, 0.15) is 10.7 Å². The highest BCUT2D eigenvalue weighted by atomic mass is 32.2. The molecular formula is C11H13FN4O2S. The summed E-state index contributed by atoms with van der Waals surface area (Å²) in [6.07, 6.45) is 3.02. The summed E-state index contributed by atoms with van der Waals surface area (Å²) >= 11 is 0. The maximum absolute atomic E-state index is 13.7. The van der Waals surface area contributed by atoms with E-state index >= 15 is 0 Å². The number of rotatable bonds is 4. The number of aromatic amines is 1. The average Bonchev–Trinajstić information content (AvgIpc) is 2.84. The zero-order chi connectivity index (χ0) is 14.0. The summed E-state index contributed by atoms with van der Waals surface area (Å²) in [5, 5.41) is 6.24. The standard InChI is InChI=1S/C11H13FN4O2S/c1-7-2-9(12)11(3-10(7)13)19(17,18)16-6-8-4-14-15-5-8/h2-5,16H,6,13H2,1H3,(H,14,15). The summed E-state index contributed by atoms with van der Waals surface area (Å²) in [6, 6.07) is 2.21. The molecule has 2 aromatic rings. The van der Waals surface area contributed by atoms with Gasteiger partial charge in [-0.15, -0.1) is 0 Å². The Balaban J connectivity index is 2.27. The van der Waals surface area contributed by atoms with Gasteiger partial charge in [0.15, 0.2) is 0 Å². The molecule has 0 aliphatic heterocycles. The molecule has 0 bridgehead atoms. The van der Waals surface area contributed by atoms with Crippen LogP contribution in [0.3, 0.4) is 0 Å². The van der Waals surface area contributed by atoms with Crippen LogP contribution >= 0.6 is 0 Å². The highest BCUT2D eigenvalue weighted by molar-refractivity contribution is 7.89. The zero-order valence-electron chi connectivity index (χ0n) is 10.1. The number of nitrogens with two attached hydrogens (primary N) is 1. The molecule has 0 saturated heterocycles. The smallest absolute Gasteiger partial charge is 0.243 e. The molecule has 0 fully saturated rings. The largest absolute Gasteiger partial charge is 0.398 e. The minimum atomic E-state index is -3.95. The first-order valence-electron chi connectivity index (χ1n) is 5.43. The van der Waals surface area contributed by atoms with E-state index in [1.54, 1.807) is 13.1 Å². The first-order valence-corrected chi connectivity index (χ1v) is 6.91. The Kier molecular flexibility index (Phi) is 3.54. The van der Waals surface area contributed by atoms with E-state index in [0.717, 1.165) is 12.1 Å². The van der Waals surface area contributed by atoms with Gasteiger partial charge >= 0.3 is 0 Å². The number of aromatic nitrogens is 2. The van der Waals surface area contributed by atoms with Crippen LogP contribution < -0.4 is 10.5 Å². The van der Waals surface area contributed by atoms with Crippen molar-refractivity contribution >= 4 is 15.7 Å². The molecule has 1 heterocycles. The molecule has 2 rings (SSSR count). The summed E-state index contributed by atoms with van der Waals surface area (Å²) in [4.78, 5) is -0.459. The molecule has 8 heteroatoms. The van der Waals surface area contributed by atoms with Gasteiger partial charge in [-0.1, -0.05) is 0 Å². The summed E-state index contributed by atoms with van der Waals surface area (Å²) < 4.78 is 39.9. The van der Waals surface area contributed by atoms with Gasteiger partial charge in [-0.3, -0.25) is 5.10 Å². The third-order valence-corrected chi connectivity index (χ3v) is 4.05. The Morgan fingerprint density at radius 2 is 2.21 bits per heavy atom. The van der Waals surface area contributed by atoms with E-state index in [9.17, 15) is 12.8 Å². The lowest BCUT2D eigenvalue weighted by atomic mass is 10.2. The quantitative estimate of drug-likeness (QED) is 0.727. The predicted molar refractivity (Wildman–Crippen MR) is 68.2 cm³/mol. The molecule has 0 amide bonds. The second-order valence-corrected chi connectivity index (χ2v) is 5.81. The number of benzene rings is 1. The fourth-order valence-corrected chi connectivity index (χ4v) is 2.61. The Bertz CT molecular complexity index is 683. The topological polar surface area (TPSA) is 101 Å². The molecule has 0 unspecified atom stereocenters. The van der Waals surface area contributed by atoms with Gasteiger partial charge in [-0.25, -0.2) is 17.5 Å². The van der Waals surface area contributed by atoms with Crippen LogP contribution in [0.5, 0.6) is 0 Å². The van der Waals surface area contributed by atoms with Gasteiger partial charge in [-0.05, 0) is 24.6 Å². The molecule has 0 saturated carbocycles. The van der Waals surface area contributed by atoms with E-state index in [4.69, 9.17) is 5.73 Å². The molecule has 4 N–H and O–H groups in total. The molecule has 6 nitrogen and oxygen atoms in total. The monoisotopic (exact) mass is 284 g/mol. The van der Waals surface area contributed by atoms with E-state index in [-0.39, 0.29) is 12.2 Å². The number of sulfonamides is 1. The molecule has 19 heavy (non-hydrogen) atoms. The average molecular weight is 284 g/mol. The van der Waals surface area contributed by atoms with Crippen LogP contribution in [0, 0.1) is 12.7 Å². The Hall–Kier alpha value is -1.93. The molecule has 1 aromatic carbocycles. The lowest BCUT2D eigenvalue weighted by Gasteiger charge is -2.09. The third-order valence-electron chi connectivity index (χ3n) is 2.63. The van der Waals surface area contributed by atoms with Crippen LogP contribution in [0.25, 0.3) is 0 Å². The fraction of sp³-hybridized carbons (Fsp3) is 0.182. The minimum Gasteiger partial charge on any atom is -0.398 e. The molecular weight excluding hydrogens is 271 g/mol. The summed E-state index contributed by atoms with van der Waals surface area (Å²) in [5.41, 5.74) is 6.96. The number of nitrogen functional groups attached to an aromatic ring is 1. The van der Waals surface area contributed by atoms with Crippen molar-refractivity contribution in [1.82, 2.24) is 14.9 Å². The van der Waals surface area contributed by atoms with E-state index in [1.807, 2.05) is 0 Å². The molecule has 102 valence electrons. The van der Waals surface area contributed by atoms with Gasteiger partial charge in [0.25, 0.3) is 0 Å². The van der Waals surface area contributed by atoms with Crippen molar-refractivity contribution in [2.24, 2.45) is 0 Å². The number of nitrogens with one attached hydrogen (secondary N) is 2. The van der Waals surface area contributed by atoms with Crippen LogP contribution in [0.1, 0.15) is 11.1 Å². The molecule has 0 aliphatic rings. The minimum absolute atomic E-state index is 0.0199. The van der Waals surface area contributed by atoms with Gasteiger partial charge in [0.05, 0.1) is 6.20 Å². The number of halogens is 1. The number of H-pyrrole nitrogens is 1. The normalized spacial score (nSPS) is 11.7. The lowest BCUT2D eigenvalue weighted by molar-refractivity contribution is 0.556. The SMILES string of the molecule is Cc1cc(F)c(S(=O)(=O)NCc2cn[nH]c2)cc1N. The van der Waals surface area contributed by atoms with E-state index in [2.05, 4.69) is 14.9 Å². The van der Waals surface area contributed by atoms with E-state index in [1.165, 1.54) is 6.20 Å². The number of hydrogen-bond donors (Lipinski definition) is 3. The fourth-order valence-electron chi connectivity index (χ4n) is 1.50. The number of hydrogen-bond acceptors (Lipinski definition) is 4. The van der Waals surface area contributed by atoms with Crippen LogP contribution in [0.15, 0.2) is 29.4 Å². The second-order valence-electron chi connectivity index (χ2n) is 4.07. The highest BCUT2D eigenvalue weighted by Gasteiger charge is 2.20. The maximum Gasteiger partial charge on any atom is 0.243 e. The van der Waals surface area contributed by atoms with Crippen molar-refractivity contribution in [1.29, 1.82) is 0 Å². The number of anilines is 1. The van der Waals surface area contributed by atoms with Crippen molar-refractivity contribution < 1.29 is 12.8 Å². The summed E-state index contributed by atoms with van der Waals surface area (Å²) in [5.74, 6) is -0.827. The van der Waals surface area contributed by atoms with Crippen LogP contribution in [-0.2, 0) is 16.6 Å². The zero-order valence-corrected chi connectivity index (χ0v) is 11.0. The predicted octanol–water partition coefficient (Wildman–Crippen LogP) is 0.918. The van der Waals surface area contributed by atoms with Gasteiger partial charge in [-0.2, -0.15) is 5.10 Å². The van der Waals surface area contributed by atoms with Crippen LogP contribution in [0.4, 0.5) is 10.1 Å². The molecule has 0 atom stereocenters. The van der Waals surface area contributed by atoms with Crippen molar-refractivity contribution in [3.05, 3.63) is 41.5 Å². The van der Waals surface area contributed by atoms with Gasteiger partial charge in [0, 0.05) is 24.0 Å². The first kappa shape index (κ1) is 13.5. The van der Waals surface area contributed by atoms with Crippen molar-refractivity contribution in [2.45, 2.75) is 18.4 Å². The Labute approximate surface area is 109 Å². The van der Waals surface area contributed by atoms with Crippen molar-refractivity contribution in [3.8, 4) is 0 Å². The molecule has 1 aromatic heterocycles. The number of nitrogens with zero attached hydrogens (tertiary/aromatic N) is 1. The lowest BCUT2D eigenvalue weighted by Crippen LogP contribution is -2.24. The van der Waals surface area contributed by atoms with Crippen molar-refractivity contribution in [3.63, 3.8) is 0 Å². The molecule has 0 spiro atoms. The Morgan fingerprint density at radius 1 is 1.47 bits per heavy atom. The summed E-state index contributed by atoms with van der Waals surface area (Å²) in [6.45, 7) is 1.62. The third kappa shape index (κ3) is 2.91. The van der Waals surface area contributed by atoms with E-state index in [0.29, 0.717) is 11.1 Å².